The molecule has 0 radical (unpaired) electrons. The molecule has 1 N–H and O–H groups in total. The van der Waals surface area contributed by atoms with Crippen LogP contribution in [0.15, 0.2) is 30.6 Å². The van der Waals surface area contributed by atoms with Crippen LogP contribution in [0.2, 0.25) is 5.02 Å². The number of hydrogen-bond donors (Lipinski definition) is 1. The van der Waals surface area contributed by atoms with Gasteiger partial charge in [-0.1, -0.05) is 11.6 Å². The molecule has 1 aliphatic heterocycles. The van der Waals surface area contributed by atoms with Crippen LogP contribution in [0.4, 0.5) is 19.0 Å². The number of hydrogen-bond acceptors (Lipinski definition) is 3. The normalized spacial score (nSPS) is 18.5. The Hall–Kier alpha value is -1.67. The smallest absolute Gasteiger partial charge is 0.308 e. The first kappa shape index (κ1) is 15.2. The van der Waals surface area contributed by atoms with Crippen LogP contribution in [0.25, 0.3) is 5.69 Å². The third kappa shape index (κ3) is 2.80. The summed E-state index contributed by atoms with van der Waals surface area (Å²) in [6.45, 7) is 0. The SMILES string of the molecule is O=C1CSC(C(F)(F)F)c2c(ncn2-c2ccc(Cl)cc2)N1. The van der Waals surface area contributed by atoms with Gasteiger partial charge in [0, 0.05) is 10.7 Å². The summed E-state index contributed by atoms with van der Waals surface area (Å²) in [6.07, 6.45) is -3.23. The highest BCUT2D eigenvalue weighted by Crippen LogP contribution is 2.47. The summed E-state index contributed by atoms with van der Waals surface area (Å²) in [4.78, 5) is 15.5. The number of fused-ring (bicyclic) bond motifs is 1. The van der Waals surface area contributed by atoms with Gasteiger partial charge in [0.1, 0.15) is 11.6 Å². The van der Waals surface area contributed by atoms with E-state index in [0.29, 0.717) is 22.5 Å². The second-order valence-electron chi connectivity index (χ2n) is 4.61. The monoisotopic (exact) mass is 347 g/mol. The highest BCUT2D eigenvalue weighted by Gasteiger charge is 2.46. The molecule has 1 aliphatic rings. The van der Waals surface area contributed by atoms with Crippen molar-refractivity contribution in [2.24, 2.45) is 0 Å². The number of halogens is 4. The van der Waals surface area contributed by atoms with Crippen molar-refractivity contribution in [3.63, 3.8) is 0 Å². The molecule has 0 saturated carbocycles. The van der Waals surface area contributed by atoms with Gasteiger partial charge >= 0.3 is 6.18 Å². The second-order valence-corrected chi connectivity index (χ2v) is 6.14. The number of aromatic nitrogens is 2. The number of amides is 1. The van der Waals surface area contributed by atoms with Gasteiger partial charge < -0.3 is 5.32 Å². The van der Waals surface area contributed by atoms with Gasteiger partial charge in [0.2, 0.25) is 5.91 Å². The number of nitrogens with one attached hydrogen (secondary N) is 1. The van der Waals surface area contributed by atoms with Crippen molar-refractivity contribution in [1.29, 1.82) is 0 Å². The van der Waals surface area contributed by atoms with Crippen molar-refractivity contribution in [2.75, 3.05) is 11.1 Å². The molecular formula is C13H9ClF3N3OS. The lowest BCUT2D eigenvalue weighted by atomic mass is 10.2. The van der Waals surface area contributed by atoms with Gasteiger partial charge in [-0.25, -0.2) is 4.98 Å². The lowest BCUT2D eigenvalue weighted by molar-refractivity contribution is -0.130. The van der Waals surface area contributed by atoms with Crippen LogP contribution in [0.3, 0.4) is 0 Å². The zero-order valence-corrected chi connectivity index (χ0v) is 12.5. The summed E-state index contributed by atoms with van der Waals surface area (Å²) < 4.78 is 41.4. The third-order valence-electron chi connectivity index (χ3n) is 3.09. The molecule has 22 heavy (non-hydrogen) atoms. The summed E-state index contributed by atoms with van der Waals surface area (Å²) in [5, 5.41) is 1.05. The van der Waals surface area contributed by atoms with E-state index < -0.39 is 17.3 Å². The van der Waals surface area contributed by atoms with Crippen LogP contribution < -0.4 is 5.32 Å². The first-order valence-electron chi connectivity index (χ1n) is 6.17. The standard InChI is InChI=1S/C13H9ClF3N3OS/c14-7-1-3-8(4-2-7)20-6-18-12-10(20)11(13(15,16)17)22-5-9(21)19-12/h1-4,6,11H,5H2,(H,19,21). The number of carbonyl (C=O) groups excluding carboxylic acids is 1. The lowest BCUT2D eigenvalue weighted by Gasteiger charge is -2.20. The van der Waals surface area contributed by atoms with E-state index in [2.05, 4.69) is 10.3 Å². The molecule has 1 atom stereocenters. The Morgan fingerprint density at radius 2 is 2.00 bits per heavy atom. The molecule has 1 amide bonds. The van der Waals surface area contributed by atoms with Gasteiger partial charge in [0.25, 0.3) is 0 Å². The molecule has 0 saturated heterocycles. The maximum atomic E-state index is 13.3. The minimum atomic E-state index is -4.49. The molecule has 1 unspecified atom stereocenters. The minimum absolute atomic E-state index is 0.0627. The topological polar surface area (TPSA) is 46.9 Å². The van der Waals surface area contributed by atoms with E-state index in [4.69, 9.17) is 11.6 Å². The molecule has 116 valence electrons. The zero-order chi connectivity index (χ0) is 15.9. The van der Waals surface area contributed by atoms with Crippen LogP contribution >= 0.6 is 23.4 Å². The van der Waals surface area contributed by atoms with E-state index in [1.165, 1.54) is 10.9 Å². The van der Waals surface area contributed by atoms with E-state index >= 15 is 0 Å². The van der Waals surface area contributed by atoms with Crippen molar-refractivity contribution < 1.29 is 18.0 Å². The first-order valence-corrected chi connectivity index (χ1v) is 7.60. The minimum Gasteiger partial charge on any atom is -0.308 e. The van der Waals surface area contributed by atoms with Gasteiger partial charge in [-0.3, -0.25) is 9.36 Å². The van der Waals surface area contributed by atoms with E-state index in [-0.39, 0.29) is 17.3 Å². The fourth-order valence-corrected chi connectivity index (χ4v) is 3.26. The van der Waals surface area contributed by atoms with Gasteiger partial charge in [-0.2, -0.15) is 13.2 Å². The molecule has 0 fully saturated rings. The molecule has 1 aromatic carbocycles. The van der Waals surface area contributed by atoms with Crippen LogP contribution in [0.5, 0.6) is 0 Å². The van der Waals surface area contributed by atoms with E-state index in [0.717, 1.165) is 0 Å². The van der Waals surface area contributed by atoms with Gasteiger partial charge in [-0.05, 0) is 24.3 Å². The van der Waals surface area contributed by atoms with Crippen LogP contribution in [0, 0.1) is 0 Å². The molecule has 4 nitrogen and oxygen atoms in total. The van der Waals surface area contributed by atoms with E-state index in [1.807, 2.05) is 0 Å². The fourth-order valence-electron chi connectivity index (χ4n) is 2.17. The van der Waals surface area contributed by atoms with Crippen molar-refractivity contribution in [3.05, 3.63) is 41.3 Å². The first-order chi connectivity index (χ1) is 10.4. The predicted molar refractivity (Wildman–Crippen MR) is 78.5 cm³/mol. The number of carbonyl (C=O) groups is 1. The van der Waals surface area contributed by atoms with Gasteiger partial charge in [-0.15, -0.1) is 11.8 Å². The Bertz CT molecular complexity index is 714. The van der Waals surface area contributed by atoms with E-state index in [9.17, 15) is 18.0 Å². The molecule has 2 heterocycles. The maximum absolute atomic E-state index is 13.3. The predicted octanol–water partition coefficient (Wildman–Crippen LogP) is 3.81. The lowest BCUT2D eigenvalue weighted by Crippen LogP contribution is -2.20. The quantitative estimate of drug-likeness (QED) is 0.853. The van der Waals surface area contributed by atoms with Gasteiger partial charge in [0.05, 0.1) is 11.4 Å². The summed E-state index contributed by atoms with van der Waals surface area (Å²) in [6, 6.07) is 6.34. The average Bonchev–Trinajstić information content (AvgIpc) is 2.74. The summed E-state index contributed by atoms with van der Waals surface area (Å²) in [5.41, 5.74) is 0.398. The fraction of sp³-hybridized carbons (Fsp3) is 0.231. The number of imidazole rings is 1. The number of nitrogens with zero attached hydrogens (tertiary/aromatic N) is 2. The molecule has 0 spiro atoms. The Morgan fingerprint density at radius 3 is 2.64 bits per heavy atom. The van der Waals surface area contributed by atoms with Crippen molar-refractivity contribution in [2.45, 2.75) is 11.4 Å². The Balaban J connectivity index is 2.15. The maximum Gasteiger partial charge on any atom is 0.406 e. The molecule has 0 aliphatic carbocycles. The number of anilines is 1. The second kappa shape index (κ2) is 5.51. The highest BCUT2D eigenvalue weighted by atomic mass is 35.5. The molecule has 0 bridgehead atoms. The molecular weight excluding hydrogens is 339 g/mol. The average molecular weight is 348 g/mol. The van der Waals surface area contributed by atoms with Crippen molar-refractivity contribution in [3.8, 4) is 5.69 Å². The Morgan fingerprint density at radius 1 is 1.32 bits per heavy atom. The van der Waals surface area contributed by atoms with Gasteiger partial charge in [0.15, 0.2) is 5.82 Å². The third-order valence-corrected chi connectivity index (χ3v) is 4.60. The molecule has 9 heteroatoms. The van der Waals surface area contributed by atoms with Crippen molar-refractivity contribution >= 4 is 35.1 Å². The van der Waals surface area contributed by atoms with Crippen LogP contribution in [-0.4, -0.2) is 27.4 Å². The molecule has 1 aromatic heterocycles. The van der Waals surface area contributed by atoms with Crippen LogP contribution in [-0.2, 0) is 4.79 Å². The number of alkyl halides is 3. The summed E-state index contributed by atoms with van der Waals surface area (Å²) in [5.74, 6) is -0.840. The number of rotatable bonds is 1. The summed E-state index contributed by atoms with van der Waals surface area (Å²) in [7, 11) is 0. The number of thioether (sulfide) groups is 1. The Labute approximate surface area is 132 Å². The largest absolute Gasteiger partial charge is 0.406 e. The van der Waals surface area contributed by atoms with Crippen molar-refractivity contribution in [1.82, 2.24) is 9.55 Å². The number of benzene rings is 1. The summed E-state index contributed by atoms with van der Waals surface area (Å²) >= 11 is 6.33. The highest BCUT2D eigenvalue weighted by molar-refractivity contribution is 8.00. The molecule has 2 aromatic rings. The Kier molecular flexibility index (Phi) is 3.82. The molecule has 3 rings (SSSR count). The van der Waals surface area contributed by atoms with Crippen LogP contribution in [0.1, 0.15) is 10.9 Å². The zero-order valence-electron chi connectivity index (χ0n) is 10.9. The van der Waals surface area contributed by atoms with E-state index in [1.54, 1.807) is 24.3 Å².